The van der Waals surface area contributed by atoms with Crippen molar-refractivity contribution in [3.8, 4) is 0 Å². The normalized spacial score (nSPS) is 28.0. The summed E-state index contributed by atoms with van der Waals surface area (Å²) in [6.07, 6.45) is 12.2. The largest absolute Gasteiger partial charge is 0.479 e. The summed E-state index contributed by atoms with van der Waals surface area (Å²) in [6.45, 7) is 3.45. The first-order chi connectivity index (χ1) is 31.4. The summed E-state index contributed by atoms with van der Waals surface area (Å²) in [5, 5.41) is 54.6. The maximum atomic E-state index is 13.6. The van der Waals surface area contributed by atoms with E-state index in [0.717, 1.165) is 39.5 Å². The molecule has 2 saturated heterocycles. The van der Waals surface area contributed by atoms with Crippen molar-refractivity contribution in [1.82, 2.24) is 5.32 Å². The van der Waals surface area contributed by atoms with Gasteiger partial charge in [-0.2, -0.15) is 5.90 Å². The number of nitrogens with two attached hydrogens (primary N) is 2. The zero-order chi connectivity index (χ0) is 49.1. The highest BCUT2D eigenvalue weighted by Gasteiger charge is 2.62. The van der Waals surface area contributed by atoms with Crippen LogP contribution in [0.5, 0.6) is 0 Å². The third-order valence-electron chi connectivity index (χ3n) is 12.5. The fraction of sp³-hybridized carbons (Fsp3) is 0.911. The lowest BCUT2D eigenvalue weighted by Gasteiger charge is -2.50. The smallest absolute Gasteiger partial charge is 0.333 e. The summed E-state index contributed by atoms with van der Waals surface area (Å²) in [5.41, 5.74) is 2.84. The Morgan fingerprint density at radius 2 is 1.24 bits per heavy atom. The minimum atomic E-state index is -4.98. The van der Waals surface area contributed by atoms with Crippen molar-refractivity contribution in [1.29, 1.82) is 0 Å². The summed E-state index contributed by atoms with van der Waals surface area (Å²) < 4.78 is 41.5. The Balaban J connectivity index is 1.82. The number of hydrogen-bond donors (Lipinski definition) is 9. The number of hydrogen-bond acceptors (Lipinski definition) is 16. The van der Waals surface area contributed by atoms with Crippen LogP contribution >= 0.6 is 7.60 Å². The average molecular weight is 970 g/mol. The van der Waals surface area contributed by atoms with Gasteiger partial charge in [-0.15, -0.1) is 0 Å². The number of amides is 2. The maximum absolute atomic E-state index is 13.6. The van der Waals surface area contributed by atoms with Gasteiger partial charge in [0.25, 0.3) is 0 Å². The Bertz CT molecular complexity index is 1450. The van der Waals surface area contributed by atoms with E-state index >= 15 is 0 Å². The number of aliphatic hydroxyl groups excluding tert-OH is 3. The SMILES string of the molecule is CCCCCCCCCCCCCCCCCCCCCCCCCO[C@H](CCP(=O)(O)O[C@H]1O[C@H](C(N)=O)[C@@](C)(O)[C@H](C(=O)ON)[C@H]1O[C@@H]1O[C@H](CO)[C@@H](O)[C@H](O)[C@H]1NC(C)=O)C(=O)O. The van der Waals surface area contributed by atoms with E-state index in [-0.39, 0.29) is 6.61 Å². The van der Waals surface area contributed by atoms with Crippen molar-refractivity contribution in [2.75, 3.05) is 19.4 Å². The second-order valence-corrected chi connectivity index (χ2v) is 20.1. The standard InChI is InChI=1S/C45H84N3O17P/c1-4-5-6-7-8-9-10-11-12-13-14-15-16-17-18-19-20-21-22-23-24-25-26-28-60-32(41(54)55)27-29-66(58,59)65-44-38(34(42(56)64-47)45(3,57)39(63-44)40(46)53)62-43-35(48-31(2)50)37(52)36(51)33(30-49)61-43/h32-39,43-44,49,51-52,57H,4-30,47H2,1-3H3,(H2,46,53)(H,48,50)(H,54,55)(H,58,59)/t32-,33-,34+,35-,36-,37-,38-,39-,43+,44-,45+/m1/s1. The van der Waals surface area contributed by atoms with Gasteiger partial charge in [-0.3, -0.25) is 18.7 Å². The van der Waals surface area contributed by atoms with Gasteiger partial charge in [0.2, 0.25) is 11.8 Å². The van der Waals surface area contributed by atoms with Gasteiger partial charge in [0, 0.05) is 13.5 Å². The molecular formula is C45H84N3O17P. The minimum Gasteiger partial charge on any atom is -0.479 e. The molecule has 0 aliphatic carbocycles. The number of carboxylic acid groups (broad SMARTS) is 1. The highest BCUT2D eigenvalue weighted by molar-refractivity contribution is 7.52. The lowest BCUT2D eigenvalue weighted by atomic mass is 9.77. The molecule has 2 heterocycles. The second kappa shape index (κ2) is 32.5. The summed E-state index contributed by atoms with van der Waals surface area (Å²) in [4.78, 5) is 65.0. The molecule has 0 aromatic carbocycles. The molecule has 20 nitrogen and oxygen atoms in total. The van der Waals surface area contributed by atoms with E-state index in [0.29, 0.717) is 6.42 Å². The van der Waals surface area contributed by atoms with Crippen molar-refractivity contribution in [3.05, 3.63) is 0 Å². The van der Waals surface area contributed by atoms with Crippen LogP contribution in [0, 0.1) is 5.92 Å². The van der Waals surface area contributed by atoms with Crippen molar-refractivity contribution in [2.24, 2.45) is 17.5 Å². The molecule has 21 heteroatoms. The molecule has 2 aliphatic heterocycles. The number of carboxylic acids is 1. The van der Waals surface area contributed by atoms with Gasteiger partial charge in [0.1, 0.15) is 42.0 Å². The number of ether oxygens (including phenoxy) is 4. The van der Waals surface area contributed by atoms with E-state index in [2.05, 4.69) is 17.1 Å². The Kier molecular flexibility index (Phi) is 29.4. The Labute approximate surface area is 391 Å². The van der Waals surface area contributed by atoms with Crippen molar-refractivity contribution < 1.29 is 82.5 Å². The van der Waals surface area contributed by atoms with E-state index in [1.165, 1.54) is 116 Å². The maximum Gasteiger partial charge on any atom is 0.333 e. The lowest BCUT2D eigenvalue weighted by molar-refractivity contribution is -0.342. The van der Waals surface area contributed by atoms with Crippen LogP contribution in [0.15, 0.2) is 0 Å². The van der Waals surface area contributed by atoms with Gasteiger partial charge in [-0.05, 0) is 19.8 Å². The molecule has 0 aromatic rings. The number of unbranched alkanes of at least 4 members (excludes halogenated alkanes) is 22. The number of aliphatic carboxylic acids is 1. The number of aliphatic hydroxyl groups is 4. The Morgan fingerprint density at radius 1 is 0.773 bits per heavy atom. The third kappa shape index (κ3) is 21.5. The van der Waals surface area contributed by atoms with E-state index in [1.807, 2.05) is 0 Å². The summed E-state index contributed by atoms with van der Waals surface area (Å²) >= 11 is 0. The van der Waals surface area contributed by atoms with Crippen LogP contribution in [0.3, 0.4) is 0 Å². The van der Waals surface area contributed by atoms with Crippen LogP contribution in [-0.2, 0) is 52.1 Å². The lowest BCUT2D eigenvalue weighted by Crippen LogP contribution is -2.70. The topological polar surface area (TPSA) is 326 Å². The van der Waals surface area contributed by atoms with Gasteiger partial charge in [0.05, 0.1) is 12.8 Å². The van der Waals surface area contributed by atoms with Crippen LogP contribution in [0.4, 0.5) is 0 Å². The second-order valence-electron chi connectivity index (χ2n) is 18.2. The molecule has 0 spiro atoms. The first-order valence-electron chi connectivity index (χ1n) is 24.4. The molecular weight excluding hydrogens is 885 g/mol. The van der Waals surface area contributed by atoms with Crippen LogP contribution in [0.2, 0.25) is 0 Å². The molecule has 2 rings (SSSR count). The van der Waals surface area contributed by atoms with E-state index in [4.69, 9.17) is 35.1 Å². The minimum absolute atomic E-state index is 0.0822. The van der Waals surface area contributed by atoms with Gasteiger partial charge >= 0.3 is 19.5 Å². The third-order valence-corrected chi connectivity index (χ3v) is 13.8. The van der Waals surface area contributed by atoms with Crippen molar-refractivity contribution in [2.45, 2.75) is 236 Å². The Morgan fingerprint density at radius 3 is 1.65 bits per heavy atom. The van der Waals surface area contributed by atoms with Crippen LogP contribution < -0.4 is 16.9 Å². The molecule has 11 N–H and O–H groups in total. The zero-order valence-electron chi connectivity index (χ0n) is 39.6. The van der Waals surface area contributed by atoms with Crippen LogP contribution in [-0.4, -0.2) is 134 Å². The molecule has 2 amide bonds. The van der Waals surface area contributed by atoms with Gasteiger partial charge in [-0.25, -0.2) is 9.59 Å². The molecule has 0 aromatic heterocycles. The van der Waals surface area contributed by atoms with E-state index in [1.54, 1.807) is 0 Å². The van der Waals surface area contributed by atoms with Gasteiger partial charge in [-0.1, -0.05) is 148 Å². The fourth-order valence-corrected chi connectivity index (χ4v) is 9.82. The first-order valence-corrected chi connectivity index (χ1v) is 26.1. The molecule has 0 bridgehead atoms. The highest BCUT2D eigenvalue weighted by Crippen LogP contribution is 2.49. The van der Waals surface area contributed by atoms with E-state index in [9.17, 15) is 54.2 Å². The molecule has 2 aliphatic rings. The molecule has 2 fully saturated rings. The predicted molar refractivity (Wildman–Crippen MR) is 242 cm³/mol. The molecule has 386 valence electrons. The highest BCUT2D eigenvalue weighted by atomic mass is 31.2. The van der Waals surface area contributed by atoms with Crippen molar-refractivity contribution >= 4 is 31.3 Å². The molecule has 66 heavy (non-hydrogen) atoms. The summed E-state index contributed by atoms with van der Waals surface area (Å²) in [5.74, 6) is -1.93. The molecule has 0 radical (unpaired) electrons. The monoisotopic (exact) mass is 970 g/mol. The van der Waals surface area contributed by atoms with Gasteiger partial charge in [0.15, 0.2) is 24.8 Å². The summed E-state index contributed by atoms with van der Waals surface area (Å²) in [6, 6.07) is -1.62. The number of rotatable bonds is 37. The van der Waals surface area contributed by atoms with Crippen LogP contribution in [0.1, 0.15) is 175 Å². The summed E-state index contributed by atoms with van der Waals surface area (Å²) in [7, 11) is -4.98. The van der Waals surface area contributed by atoms with Gasteiger partial charge < -0.3 is 65.3 Å². The number of nitrogens with one attached hydrogen (secondary N) is 1. The van der Waals surface area contributed by atoms with E-state index < -0.39 is 117 Å². The quantitative estimate of drug-likeness (QED) is 0.0237. The fourth-order valence-electron chi connectivity index (χ4n) is 8.66. The number of carbonyl (C=O) groups excluding carboxylic acids is 3. The first kappa shape index (κ1) is 59.8. The number of primary amides is 1. The molecule has 0 saturated carbocycles. The number of carbonyl (C=O) groups is 4. The van der Waals surface area contributed by atoms with Crippen molar-refractivity contribution in [3.63, 3.8) is 0 Å². The average Bonchev–Trinajstić information content (AvgIpc) is 3.25. The molecule has 1 unspecified atom stereocenters. The van der Waals surface area contributed by atoms with Crippen LogP contribution in [0.25, 0.3) is 0 Å². The molecule has 12 atom stereocenters. The Hall–Kier alpha value is -2.33. The zero-order valence-corrected chi connectivity index (χ0v) is 40.5. The predicted octanol–water partition coefficient (Wildman–Crippen LogP) is 4.36.